The second-order valence-electron chi connectivity index (χ2n) is 8.84. The number of piperazine rings is 1. The van der Waals surface area contributed by atoms with Gasteiger partial charge < -0.3 is 19.6 Å². The first-order valence-electron chi connectivity index (χ1n) is 11.7. The van der Waals surface area contributed by atoms with Gasteiger partial charge in [0.1, 0.15) is 25.0 Å². The highest BCUT2D eigenvalue weighted by Gasteiger charge is 2.23. The van der Waals surface area contributed by atoms with Gasteiger partial charge in [-0.05, 0) is 55.3 Å². The molecule has 3 aromatic rings. The number of carbonyl (C=O) groups is 1. The fraction of sp³-hybridized carbons (Fsp3) is 0.321. The van der Waals surface area contributed by atoms with Gasteiger partial charge in [0.2, 0.25) is 0 Å². The van der Waals surface area contributed by atoms with Crippen molar-refractivity contribution in [3.8, 4) is 5.75 Å². The fourth-order valence-corrected chi connectivity index (χ4v) is 4.39. The van der Waals surface area contributed by atoms with Crippen molar-refractivity contribution in [3.05, 3.63) is 95.1 Å². The van der Waals surface area contributed by atoms with Crippen LogP contribution in [0.1, 0.15) is 27.0 Å². The number of nitrogens with one attached hydrogen (secondary N) is 1. The van der Waals surface area contributed by atoms with Gasteiger partial charge in [-0.1, -0.05) is 42.5 Å². The molecular formula is C28H33N2O3+. The molecular weight excluding hydrogens is 412 g/mol. The molecule has 1 atom stereocenters. The third-order valence-electron chi connectivity index (χ3n) is 6.51. The highest BCUT2D eigenvalue weighted by Crippen LogP contribution is 2.22. The Morgan fingerprint density at radius 3 is 2.30 bits per heavy atom. The van der Waals surface area contributed by atoms with Crippen molar-refractivity contribution >= 4 is 11.5 Å². The minimum Gasteiger partial charge on any atom is -0.491 e. The Morgan fingerprint density at radius 1 is 0.939 bits per heavy atom. The number of anilines is 1. The number of aliphatic hydroxyl groups is 1. The zero-order chi connectivity index (χ0) is 23.2. The molecule has 0 amide bonds. The highest BCUT2D eigenvalue weighted by atomic mass is 16.5. The van der Waals surface area contributed by atoms with E-state index in [9.17, 15) is 9.90 Å². The maximum Gasteiger partial charge on any atom is 0.193 e. The number of benzene rings is 3. The van der Waals surface area contributed by atoms with Crippen LogP contribution in [0.5, 0.6) is 5.75 Å². The van der Waals surface area contributed by atoms with Crippen LogP contribution >= 0.6 is 0 Å². The van der Waals surface area contributed by atoms with E-state index in [1.807, 2.05) is 30.3 Å². The maximum absolute atomic E-state index is 12.5. The molecule has 0 aliphatic carbocycles. The molecule has 0 spiro atoms. The van der Waals surface area contributed by atoms with Crippen molar-refractivity contribution in [1.82, 2.24) is 0 Å². The van der Waals surface area contributed by atoms with E-state index in [4.69, 9.17) is 4.74 Å². The van der Waals surface area contributed by atoms with Crippen molar-refractivity contribution < 1.29 is 19.5 Å². The summed E-state index contributed by atoms with van der Waals surface area (Å²) >= 11 is 0. The lowest BCUT2D eigenvalue weighted by molar-refractivity contribution is -0.903. The minimum absolute atomic E-state index is 0.00853. The van der Waals surface area contributed by atoms with E-state index < -0.39 is 6.10 Å². The van der Waals surface area contributed by atoms with Crippen LogP contribution in [0, 0.1) is 13.8 Å². The summed E-state index contributed by atoms with van der Waals surface area (Å²) in [7, 11) is 0. The largest absolute Gasteiger partial charge is 0.491 e. The van der Waals surface area contributed by atoms with Crippen LogP contribution in [0.2, 0.25) is 0 Å². The van der Waals surface area contributed by atoms with Crippen molar-refractivity contribution in [3.63, 3.8) is 0 Å². The van der Waals surface area contributed by atoms with Gasteiger partial charge in [0.15, 0.2) is 5.78 Å². The second kappa shape index (κ2) is 10.6. The first-order chi connectivity index (χ1) is 16.0. The lowest BCUT2D eigenvalue weighted by Crippen LogP contribution is -3.16. The van der Waals surface area contributed by atoms with E-state index in [0.29, 0.717) is 23.4 Å². The van der Waals surface area contributed by atoms with Gasteiger partial charge in [-0.25, -0.2) is 0 Å². The van der Waals surface area contributed by atoms with Gasteiger partial charge >= 0.3 is 0 Å². The molecule has 5 heteroatoms. The zero-order valence-corrected chi connectivity index (χ0v) is 19.5. The molecule has 0 aromatic heterocycles. The summed E-state index contributed by atoms with van der Waals surface area (Å²) in [4.78, 5) is 16.4. The van der Waals surface area contributed by atoms with Crippen molar-refractivity contribution in [1.29, 1.82) is 0 Å². The molecule has 33 heavy (non-hydrogen) atoms. The Bertz CT molecular complexity index is 1060. The first-order valence-corrected chi connectivity index (χ1v) is 11.7. The summed E-state index contributed by atoms with van der Waals surface area (Å²) in [6.07, 6.45) is -0.530. The molecule has 0 radical (unpaired) electrons. The van der Waals surface area contributed by atoms with Crippen LogP contribution in [-0.2, 0) is 0 Å². The Kier molecular flexibility index (Phi) is 7.43. The summed E-state index contributed by atoms with van der Waals surface area (Å²) in [5.74, 6) is 0.652. The molecule has 0 saturated carbocycles. The number of quaternary nitrogens is 1. The lowest BCUT2D eigenvalue weighted by atomic mass is 10.0. The van der Waals surface area contributed by atoms with Crippen molar-refractivity contribution in [2.45, 2.75) is 20.0 Å². The molecule has 5 nitrogen and oxygen atoms in total. The Morgan fingerprint density at radius 2 is 1.61 bits per heavy atom. The topological polar surface area (TPSA) is 54.2 Å². The normalized spacial score (nSPS) is 15.3. The van der Waals surface area contributed by atoms with E-state index >= 15 is 0 Å². The van der Waals surface area contributed by atoms with E-state index in [0.717, 1.165) is 26.2 Å². The molecule has 2 N–H and O–H groups in total. The number of hydrogen-bond acceptors (Lipinski definition) is 4. The van der Waals surface area contributed by atoms with Crippen LogP contribution < -0.4 is 14.5 Å². The first kappa shape index (κ1) is 23.0. The van der Waals surface area contributed by atoms with Crippen LogP contribution in [0.15, 0.2) is 72.8 Å². The number of aryl methyl sites for hydroxylation is 1. The number of aliphatic hydroxyl groups excluding tert-OH is 1. The molecule has 172 valence electrons. The monoisotopic (exact) mass is 445 g/mol. The van der Waals surface area contributed by atoms with Crippen LogP contribution in [0.3, 0.4) is 0 Å². The third kappa shape index (κ3) is 5.81. The van der Waals surface area contributed by atoms with Gasteiger partial charge in [-0.15, -0.1) is 0 Å². The smallest absolute Gasteiger partial charge is 0.193 e. The fourth-order valence-electron chi connectivity index (χ4n) is 4.39. The Labute approximate surface area is 196 Å². The molecule has 1 fully saturated rings. The van der Waals surface area contributed by atoms with Crippen LogP contribution in [-0.4, -0.2) is 56.3 Å². The van der Waals surface area contributed by atoms with Gasteiger partial charge in [0, 0.05) is 16.8 Å². The number of hydrogen-bond donors (Lipinski definition) is 2. The average Bonchev–Trinajstić information content (AvgIpc) is 2.85. The number of rotatable bonds is 8. The minimum atomic E-state index is -0.530. The average molecular weight is 446 g/mol. The van der Waals surface area contributed by atoms with Crippen LogP contribution in [0.25, 0.3) is 0 Å². The second-order valence-corrected chi connectivity index (χ2v) is 8.84. The Hall–Kier alpha value is -3.15. The highest BCUT2D eigenvalue weighted by molar-refractivity contribution is 6.08. The standard InChI is InChI=1S/C28H32N2O3/c1-21-7-6-10-27(22(21)2)30-17-15-29(16-18-30)19-25(31)20-33-26-13-11-24(12-14-26)28(32)23-8-4-3-5-9-23/h3-14,25,31H,15-20H2,1-2H3/p+1/t25-/m1/s1. The van der Waals surface area contributed by atoms with Gasteiger partial charge in [0.25, 0.3) is 0 Å². The number of ketones is 1. The lowest BCUT2D eigenvalue weighted by Gasteiger charge is -2.35. The van der Waals surface area contributed by atoms with Crippen LogP contribution in [0.4, 0.5) is 5.69 Å². The molecule has 1 aliphatic heterocycles. The van der Waals surface area contributed by atoms with E-state index in [2.05, 4.69) is 36.9 Å². The van der Waals surface area contributed by atoms with E-state index in [-0.39, 0.29) is 12.4 Å². The molecule has 0 bridgehead atoms. The maximum atomic E-state index is 12.5. The predicted molar refractivity (Wildman–Crippen MR) is 132 cm³/mol. The summed E-state index contributed by atoms with van der Waals surface area (Å²) in [5.41, 5.74) is 5.30. The molecule has 3 aromatic carbocycles. The zero-order valence-electron chi connectivity index (χ0n) is 19.5. The number of carbonyl (C=O) groups excluding carboxylic acids is 1. The number of nitrogens with zero attached hydrogens (tertiary/aromatic N) is 1. The van der Waals surface area contributed by atoms with Gasteiger partial charge in [-0.2, -0.15) is 0 Å². The van der Waals surface area contributed by atoms with E-state index in [1.165, 1.54) is 21.7 Å². The van der Waals surface area contributed by atoms with Gasteiger partial charge in [-0.3, -0.25) is 4.79 Å². The van der Waals surface area contributed by atoms with E-state index in [1.54, 1.807) is 24.3 Å². The molecule has 1 heterocycles. The summed E-state index contributed by atoms with van der Waals surface area (Å²) in [6, 6.07) is 22.9. The van der Waals surface area contributed by atoms with Crippen molar-refractivity contribution in [2.24, 2.45) is 0 Å². The Balaban J connectivity index is 1.22. The molecule has 1 saturated heterocycles. The summed E-state index contributed by atoms with van der Waals surface area (Å²) < 4.78 is 5.78. The summed E-state index contributed by atoms with van der Waals surface area (Å²) in [5, 5.41) is 10.5. The molecule has 4 rings (SSSR count). The summed E-state index contributed by atoms with van der Waals surface area (Å²) in [6.45, 7) is 9.25. The quantitative estimate of drug-likeness (QED) is 0.524. The predicted octanol–water partition coefficient (Wildman–Crippen LogP) is 2.68. The van der Waals surface area contributed by atoms with Crippen molar-refractivity contribution in [2.75, 3.05) is 44.2 Å². The molecule has 1 aliphatic rings. The van der Waals surface area contributed by atoms with Gasteiger partial charge in [0.05, 0.1) is 26.2 Å². The molecule has 0 unspecified atom stereocenters. The number of ether oxygens (including phenoxy) is 1. The SMILES string of the molecule is Cc1cccc(N2CC[NH+](C[C@@H](O)COc3ccc(C(=O)c4ccccc4)cc3)CC2)c1C. The third-order valence-corrected chi connectivity index (χ3v) is 6.51.